The summed E-state index contributed by atoms with van der Waals surface area (Å²) in [7, 11) is 0. The Morgan fingerprint density at radius 1 is 1.12 bits per heavy atom. The Bertz CT molecular complexity index is 471. The van der Waals surface area contributed by atoms with Crippen LogP contribution in [0.5, 0.6) is 11.5 Å². The van der Waals surface area contributed by atoms with Crippen LogP contribution in [0, 0.1) is 0 Å². The van der Waals surface area contributed by atoms with Crippen molar-refractivity contribution in [1.29, 1.82) is 0 Å². The SMILES string of the molecule is CCOc1ccc(-c2nncs2)cc1OCC. The second-order valence-electron chi connectivity index (χ2n) is 3.27. The monoisotopic (exact) mass is 250 g/mol. The Morgan fingerprint density at radius 2 is 1.88 bits per heavy atom. The first-order valence-corrected chi connectivity index (χ1v) is 6.39. The number of hydrogen-bond acceptors (Lipinski definition) is 5. The van der Waals surface area contributed by atoms with E-state index in [1.54, 1.807) is 5.51 Å². The molecule has 0 unspecified atom stereocenters. The minimum atomic E-state index is 0.611. The fraction of sp³-hybridized carbons (Fsp3) is 0.333. The summed E-state index contributed by atoms with van der Waals surface area (Å²) in [6, 6.07) is 5.81. The largest absolute Gasteiger partial charge is 0.490 e. The average Bonchev–Trinajstić information content (AvgIpc) is 2.85. The number of hydrogen-bond donors (Lipinski definition) is 0. The topological polar surface area (TPSA) is 44.2 Å². The van der Waals surface area contributed by atoms with Crippen LogP contribution < -0.4 is 9.47 Å². The van der Waals surface area contributed by atoms with Crippen LogP contribution in [-0.4, -0.2) is 23.4 Å². The Hall–Kier alpha value is -1.62. The fourth-order valence-corrected chi connectivity index (χ4v) is 2.03. The molecular formula is C12H14N2O2S. The van der Waals surface area contributed by atoms with Crippen LogP contribution >= 0.6 is 11.3 Å². The van der Waals surface area contributed by atoms with Gasteiger partial charge in [-0.25, -0.2) is 0 Å². The molecule has 4 nitrogen and oxygen atoms in total. The standard InChI is InChI=1S/C12H14N2O2S/c1-3-15-10-6-5-9(7-11(10)16-4-2)12-14-13-8-17-12/h5-8H,3-4H2,1-2H3. The maximum Gasteiger partial charge on any atom is 0.161 e. The van der Waals surface area contributed by atoms with Crippen molar-refractivity contribution in [2.75, 3.05) is 13.2 Å². The van der Waals surface area contributed by atoms with Gasteiger partial charge in [0.1, 0.15) is 10.5 Å². The van der Waals surface area contributed by atoms with Gasteiger partial charge in [0, 0.05) is 5.56 Å². The van der Waals surface area contributed by atoms with Gasteiger partial charge in [-0.1, -0.05) is 11.3 Å². The second-order valence-corrected chi connectivity index (χ2v) is 4.10. The van der Waals surface area contributed by atoms with Gasteiger partial charge in [-0.2, -0.15) is 0 Å². The molecule has 0 aliphatic rings. The number of aromatic nitrogens is 2. The third-order valence-electron chi connectivity index (χ3n) is 2.15. The smallest absolute Gasteiger partial charge is 0.161 e. The number of benzene rings is 1. The third kappa shape index (κ3) is 2.74. The summed E-state index contributed by atoms with van der Waals surface area (Å²) in [5, 5.41) is 8.75. The van der Waals surface area contributed by atoms with E-state index in [9.17, 15) is 0 Å². The molecule has 0 saturated heterocycles. The molecule has 0 atom stereocenters. The van der Waals surface area contributed by atoms with E-state index < -0.39 is 0 Å². The first-order valence-electron chi connectivity index (χ1n) is 5.51. The lowest BCUT2D eigenvalue weighted by atomic mass is 10.2. The molecule has 2 aromatic rings. The fourth-order valence-electron chi connectivity index (χ4n) is 1.48. The summed E-state index contributed by atoms with van der Waals surface area (Å²) < 4.78 is 11.1. The molecular weight excluding hydrogens is 236 g/mol. The zero-order valence-electron chi connectivity index (χ0n) is 9.84. The van der Waals surface area contributed by atoms with E-state index in [0.29, 0.717) is 13.2 Å². The van der Waals surface area contributed by atoms with Crippen molar-refractivity contribution in [3.05, 3.63) is 23.7 Å². The Labute approximate surface area is 104 Å². The molecule has 5 heteroatoms. The van der Waals surface area contributed by atoms with Gasteiger partial charge < -0.3 is 9.47 Å². The summed E-state index contributed by atoms with van der Waals surface area (Å²) in [5.74, 6) is 1.52. The molecule has 0 amide bonds. The molecule has 0 spiro atoms. The predicted octanol–water partition coefficient (Wildman–Crippen LogP) is 3.00. The summed E-state index contributed by atoms with van der Waals surface area (Å²) in [4.78, 5) is 0. The van der Waals surface area contributed by atoms with Gasteiger partial charge >= 0.3 is 0 Å². The quantitative estimate of drug-likeness (QED) is 0.818. The van der Waals surface area contributed by atoms with E-state index in [1.807, 2.05) is 32.0 Å². The van der Waals surface area contributed by atoms with Crippen LogP contribution in [0.3, 0.4) is 0 Å². The third-order valence-corrected chi connectivity index (χ3v) is 2.89. The van der Waals surface area contributed by atoms with Crippen molar-refractivity contribution < 1.29 is 9.47 Å². The van der Waals surface area contributed by atoms with Crippen molar-refractivity contribution in [2.24, 2.45) is 0 Å². The van der Waals surface area contributed by atoms with Gasteiger partial charge in [-0.05, 0) is 32.0 Å². The van der Waals surface area contributed by atoms with E-state index >= 15 is 0 Å². The van der Waals surface area contributed by atoms with Gasteiger partial charge in [0.15, 0.2) is 11.5 Å². The van der Waals surface area contributed by atoms with Gasteiger partial charge in [0.2, 0.25) is 0 Å². The molecule has 1 aromatic carbocycles. The maximum atomic E-state index is 5.56. The molecule has 0 saturated carbocycles. The van der Waals surface area contributed by atoms with Crippen LogP contribution in [0.15, 0.2) is 23.7 Å². The molecule has 0 aliphatic heterocycles. The van der Waals surface area contributed by atoms with Crippen molar-refractivity contribution in [3.8, 4) is 22.1 Å². The van der Waals surface area contributed by atoms with Crippen LogP contribution in [0.1, 0.15) is 13.8 Å². The van der Waals surface area contributed by atoms with Crippen molar-refractivity contribution in [2.45, 2.75) is 13.8 Å². The predicted molar refractivity (Wildman–Crippen MR) is 67.7 cm³/mol. The molecule has 90 valence electrons. The molecule has 1 aromatic heterocycles. The minimum absolute atomic E-state index is 0.611. The van der Waals surface area contributed by atoms with Crippen molar-refractivity contribution in [3.63, 3.8) is 0 Å². The van der Waals surface area contributed by atoms with Crippen molar-refractivity contribution >= 4 is 11.3 Å². The molecule has 0 bridgehead atoms. The molecule has 0 radical (unpaired) electrons. The lowest BCUT2D eigenvalue weighted by Crippen LogP contribution is -1.98. The van der Waals surface area contributed by atoms with E-state index in [2.05, 4.69) is 10.2 Å². The normalized spacial score (nSPS) is 10.2. The number of nitrogens with zero attached hydrogens (tertiary/aromatic N) is 2. The van der Waals surface area contributed by atoms with Gasteiger partial charge in [0.05, 0.1) is 13.2 Å². The summed E-state index contributed by atoms with van der Waals surface area (Å²) >= 11 is 1.50. The van der Waals surface area contributed by atoms with Gasteiger partial charge in [-0.3, -0.25) is 0 Å². The first kappa shape index (κ1) is 11.9. The van der Waals surface area contributed by atoms with Crippen molar-refractivity contribution in [1.82, 2.24) is 10.2 Å². The zero-order chi connectivity index (χ0) is 12.1. The van der Waals surface area contributed by atoms with E-state index in [-0.39, 0.29) is 0 Å². The maximum absolute atomic E-state index is 5.56. The average molecular weight is 250 g/mol. The molecule has 0 aliphatic carbocycles. The summed E-state index contributed by atoms with van der Waals surface area (Å²) in [6.07, 6.45) is 0. The Balaban J connectivity index is 2.34. The molecule has 0 N–H and O–H groups in total. The van der Waals surface area contributed by atoms with Gasteiger partial charge in [0.25, 0.3) is 0 Å². The Morgan fingerprint density at radius 3 is 2.53 bits per heavy atom. The minimum Gasteiger partial charge on any atom is -0.490 e. The van der Waals surface area contributed by atoms with Gasteiger partial charge in [-0.15, -0.1) is 10.2 Å². The van der Waals surface area contributed by atoms with Crippen LogP contribution in [0.25, 0.3) is 10.6 Å². The van der Waals surface area contributed by atoms with E-state index in [0.717, 1.165) is 22.1 Å². The van der Waals surface area contributed by atoms with Crippen LogP contribution in [-0.2, 0) is 0 Å². The number of ether oxygens (including phenoxy) is 2. The Kier molecular flexibility index (Phi) is 3.93. The lowest BCUT2D eigenvalue weighted by Gasteiger charge is -2.11. The summed E-state index contributed by atoms with van der Waals surface area (Å²) in [5.41, 5.74) is 2.71. The number of rotatable bonds is 5. The zero-order valence-corrected chi connectivity index (χ0v) is 10.7. The molecule has 0 fully saturated rings. The highest BCUT2D eigenvalue weighted by atomic mass is 32.1. The van der Waals surface area contributed by atoms with E-state index in [4.69, 9.17) is 9.47 Å². The molecule has 2 rings (SSSR count). The van der Waals surface area contributed by atoms with Crippen LogP contribution in [0.2, 0.25) is 0 Å². The van der Waals surface area contributed by atoms with Crippen LogP contribution in [0.4, 0.5) is 0 Å². The highest BCUT2D eigenvalue weighted by Crippen LogP contribution is 2.33. The summed E-state index contributed by atoms with van der Waals surface area (Å²) in [6.45, 7) is 5.14. The highest BCUT2D eigenvalue weighted by Gasteiger charge is 2.09. The second kappa shape index (κ2) is 5.63. The highest BCUT2D eigenvalue weighted by molar-refractivity contribution is 7.12. The first-order chi connectivity index (χ1) is 8.35. The molecule has 17 heavy (non-hydrogen) atoms. The lowest BCUT2D eigenvalue weighted by molar-refractivity contribution is 0.288. The molecule has 1 heterocycles. The van der Waals surface area contributed by atoms with E-state index in [1.165, 1.54) is 11.3 Å².